The van der Waals surface area contributed by atoms with Crippen molar-refractivity contribution in [1.29, 1.82) is 0 Å². The first kappa shape index (κ1) is 21.7. The van der Waals surface area contributed by atoms with E-state index in [0.29, 0.717) is 31.6 Å². The molecule has 2 aliphatic heterocycles. The molecule has 2 atom stereocenters. The fraction of sp³-hybridized carbons (Fsp3) is 0.579. The van der Waals surface area contributed by atoms with Crippen LogP contribution in [0.1, 0.15) is 18.4 Å². The number of ether oxygens (including phenoxy) is 1. The lowest BCUT2D eigenvalue weighted by Gasteiger charge is -2.23. The maximum atomic E-state index is 13.3. The van der Waals surface area contributed by atoms with Gasteiger partial charge in [-0.2, -0.15) is 0 Å². The first-order chi connectivity index (χ1) is 13.8. The number of hydrogen-bond donors (Lipinski definition) is 1. The molecule has 0 spiro atoms. The summed E-state index contributed by atoms with van der Waals surface area (Å²) in [5.41, 5.74) is 0.571. The third kappa shape index (κ3) is 5.31. The molecule has 10 heteroatoms. The molecule has 2 aliphatic rings. The van der Waals surface area contributed by atoms with Gasteiger partial charge in [0.15, 0.2) is 0 Å². The van der Waals surface area contributed by atoms with E-state index in [1.54, 1.807) is 12.1 Å². The summed E-state index contributed by atoms with van der Waals surface area (Å²) in [6.07, 6.45) is 0.830. The summed E-state index contributed by atoms with van der Waals surface area (Å²) in [4.78, 5) is 27.0. The largest absolute Gasteiger partial charge is 0.385 e. The van der Waals surface area contributed by atoms with Gasteiger partial charge in [-0.05, 0) is 30.5 Å². The van der Waals surface area contributed by atoms with Crippen LogP contribution in [-0.2, 0) is 30.8 Å². The van der Waals surface area contributed by atoms with Gasteiger partial charge in [0.25, 0.3) is 5.91 Å². The fourth-order valence-corrected chi connectivity index (χ4v) is 5.36. The Morgan fingerprint density at radius 3 is 2.90 bits per heavy atom. The average Bonchev–Trinajstić information content (AvgIpc) is 3.02. The quantitative estimate of drug-likeness (QED) is 0.622. The second-order valence-corrected chi connectivity index (χ2v) is 9.40. The molecule has 3 rings (SSSR count). The van der Waals surface area contributed by atoms with Crippen LogP contribution < -0.4 is 5.32 Å². The number of sulfonamides is 1. The lowest BCUT2D eigenvalue weighted by Crippen LogP contribution is -2.44. The zero-order valence-electron chi connectivity index (χ0n) is 16.3. The number of halogens is 1. The number of hydrogen-bond acceptors (Lipinski definition) is 6. The van der Waals surface area contributed by atoms with Crippen molar-refractivity contribution in [2.24, 2.45) is 0 Å². The van der Waals surface area contributed by atoms with Gasteiger partial charge in [-0.1, -0.05) is 12.1 Å². The van der Waals surface area contributed by atoms with Crippen molar-refractivity contribution in [3.63, 3.8) is 0 Å². The minimum Gasteiger partial charge on any atom is -0.385 e. The minimum atomic E-state index is -3.65. The SMILES string of the molecule is COCCCN1C(=O)[C@@H]2C[C@H](NC(=O)Cc3cccc(F)c3)CN2CCS1(=O)=O. The Labute approximate surface area is 170 Å². The van der Waals surface area contributed by atoms with E-state index in [9.17, 15) is 22.4 Å². The van der Waals surface area contributed by atoms with E-state index in [0.717, 1.165) is 4.31 Å². The van der Waals surface area contributed by atoms with Gasteiger partial charge in [0, 0.05) is 39.4 Å². The highest BCUT2D eigenvalue weighted by Crippen LogP contribution is 2.25. The van der Waals surface area contributed by atoms with Crippen molar-refractivity contribution in [1.82, 2.24) is 14.5 Å². The maximum absolute atomic E-state index is 13.3. The third-order valence-corrected chi connectivity index (χ3v) is 6.97. The lowest BCUT2D eigenvalue weighted by atomic mass is 10.1. The van der Waals surface area contributed by atoms with Crippen LogP contribution in [0.3, 0.4) is 0 Å². The van der Waals surface area contributed by atoms with E-state index in [4.69, 9.17) is 4.74 Å². The van der Waals surface area contributed by atoms with Gasteiger partial charge in [-0.25, -0.2) is 17.1 Å². The van der Waals surface area contributed by atoms with Crippen LogP contribution in [0.4, 0.5) is 4.39 Å². The highest BCUT2D eigenvalue weighted by molar-refractivity contribution is 7.89. The van der Waals surface area contributed by atoms with Crippen molar-refractivity contribution in [3.05, 3.63) is 35.6 Å². The molecule has 1 aromatic rings. The fourth-order valence-electron chi connectivity index (χ4n) is 3.87. The Kier molecular flexibility index (Phi) is 6.86. The van der Waals surface area contributed by atoms with Gasteiger partial charge >= 0.3 is 0 Å². The Morgan fingerprint density at radius 2 is 2.17 bits per heavy atom. The molecule has 29 heavy (non-hydrogen) atoms. The zero-order chi connectivity index (χ0) is 21.0. The molecule has 0 bridgehead atoms. The van der Waals surface area contributed by atoms with Crippen LogP contribution >= 0.6 is 0 Å². The molecule has 2 saturated heterocycles. The zero-order valence-corrected chi connectivity index (χ0v) is 17.2. The Morgan fingerprint density at radius 1 is 1.38 bits per heavy atom. The highest BCUT2D eigenvalue weighted by Gasteiger charge is 2.45. The van der Waals surface area contributed by atoms with Crippen LogP contribution in [0.2, 0.25) is 0 Å². The van der Waals surface area contributed by atoms with Gasteiger partial charge in [0.05, 0.1) is 18.2 Å². The number of amides is 2. The predicted molar refractivity (Wildman–Crippen MR) is 104 cm³/mol. The predicted octanol–water partition coefficient (Wildman–Crippen LogP) is 0.136. The summed E-state index contributed by atoms with van der Waals surface area (Å²) < 4.78 is 44.1. The molecule has 2 fully saturated rings. The van der Waals surface area contributed by atoms with Gasteiger partial charge in [-0.15, -0.1) is 0 Å². The summed E-state index contributed by atoms with van der Waals surface area (Å²) in [5.74, 6) is -1.23. The summed E-state index contributed by atoms with van der Waals surface area (Å²) in [6, 6.07) is 5.03. The van der Waals surface area contributed by atoms with Crippen LogP contribution in [0.5, 0.6) is 0 Å². The molecule has 0 unspecified atom stereocenters. The van der Waals surface area contributed by atoms with Crippen LogP contribution in [0.25, 0.3) is 0 Å². The standard InChI is InChI=1S/C19H26FN3O5S/c1-28-8-3-6-23-19(25)17-12-16(13-22(17)7-9-29(23,26)27)21-18(24)11-14-4-2-5-15(20)10-14/h2,4-5,10,16-17H,3,6-9,11-13H2,1H3,(H,21,24)/t16-,17-/m0/s1. The summed E-state index contributed by atoms with van der Waals surface area (Å²) >= 11 is 0. The number of fused-ring (bicyclic) bond motifs is 1. The van der Waals surface area contributed by atoms with E-state index in [2.05, 4.69) is 5.32 Å². The molecular weight excluding hydrogens is 401 g/mol. The van der Waals surface area contributed by atoms with Crippen molar-refractivity contribution in [2.45, 2.75) is 31.3 Å². The highest BCUT2D eigenvalue weighted by atomic mass is 32.2. The van der Waals surface area contributed by atoms with E-state index >= 15 is 0 Å². The molecule has 1 aromatic carbocycles. The van der Waals surface area contributed by atoms with Gasteiger partial charge in [0.1, 0.15) is 5.82 Å². The Balaban J connectivity index is 1.62. The summed E-state index contributed by atoms with van der Waals surface area (Å²) in [5, 5.41) is 2.89. The first-order valence-corrected chi connectivity index (χ1v) is 11.2. The van der Waals surface area contributed by atoms with Crippen molar-refractivity contribution in [2.75, 3.05) is 39.1 Å². The summed E-state index contributed by atoms with van der Waals surface area (Å²) in [6.45, 7) is 1.12. The summed E-state index contributed by atoms with van der Waals surface area (Å²) in [7, 11) is -2.13. The molecule has 8 nitrogen and oxygen atoms in total. The smallest absolute Gasteiger partial charge is 0.253 e. The van der Waals surface area contributed by atoms with Crippen molar-refractivity contribution in [3.8, 4) is 0 Å². The van der Waals surface area contributed by atoms with E-state index < -0.39 is 27.8 Å². The second kappa shape index (κ2) is 9.19. The van der Waals surface area contributed by atoms with Gasteiger partial charge in [0.2, 0.25) is 15.9 Å². The molecule has 2 amide bonds. The van der Waals surface area contributed by atoms with E-state index in [1.165, 1.54) is 19.2 Å². The molecule has 2 heterocycles. The number of methoxy groups -OCH3 is 1. The number of carbonyl (C=O) groups is 2. The number of carbonyl (C=O) groups excluding carboxylic acids is 2. The number of benzene rings is 1. The molecule has 1 N–H and O–H groups in total. The monoisotopic (exact) mass is 427 g/mol. The average molecular weight is 427 g/mol. The third-order valence-electron chi connectivity index (χ3n) is 5.24. The van der Waals surface area contributed by atoms with E-state index in [1.807, 2.05) is 4.90 Å². The van der Waals surface area contributed by atoms with E-state index in [-0.39, 0.29) is 37.2 Å². The number of rotatable bonds is 7. The Bertz CT molecular complexity index is 863. The van der Waals surface area contributed by atoms with Crippen molar-refractivity contribution < 1.29 is 27.1 Å². The maximum Gasteiger partial charge on any atom is 0.253 e. The van der Waals surface area contributed by atoms with Gasteiger partial charge < -0.3 is 10.1 Å². The van der Waals surface area contributed by atoms with Crippen molar-refractivity contribution >= 4 is 21.8 Å². The molecule has 0 aliphatic carbocycles. The molecule has 0 radical (unpaired) electrons. The molecule has 0 saturated carbocycles. The minimum absolute atomic E-state index is 0.0460. The molecule has 160 valence electrons. The first-order valence-electron chi connectivity index (χ1n) is 9.61. The van der Waals surface area contributed by atoms with Crippen LogP contribution in [0.15, 0.2) is 24.3 Å². The van der Waals surface area contributed by atoms with Crippen LogP contribution in [0, 0.1) is 5.82 Å². The van der Waals surface area contributed by atoms with Crippen LogP contribution in [-0.4, -0.2) is 80.6 Å². The lowest BCUT2D eigenvalue weighted by molar-refractivity contribution is -0.130. The Hall–Kier alpha value is -2.04. The number of nitrogens with zero attached hydrogens (tertiary/aromatic N) is 2. The topological polar surface area (TPSA) is 96.0 Å². The van der Waals surface area contributed by atoms with Gasteiger partial charge in [-0.3, -0.25) is 14.5 Å². The number of nitrogens with one attached hydrogen (secondary N) is 1. The molecule has 0 aromatic heterocycles. The normalized spacial score (nSPS) is 24.2. The molecular formula is C19H26FN3O5S. The second-order valence-electron chi connectivity index (χ2n) is 7.39.